The average molecular weight is 390 g/mol. The van der Waals surface area contributed by atoms with Crippen LogP contribution in [0.2, 0.25) is 5.02 Å². The molecule has 7 heteroatoms. The summed E-state index contributed by atoms with van der Waals surface area (Å²) in [6.45, 7) is 2.17. The van der Waals surface area contributed by atoms with E-state index in [4.69, 9.17) is 16.3 Å². The Bertz CT molecular complexity index is 926. The van der Waals surface area contributed by atoms with E-state index in [1.807, 2.05) is 31.2 Å². The molecule has 26 heavy (non-hydrogen) atoms. The lowest BCUT2D eigenvalue weighted by Gasteiger charge is -2.14. The minimum Gasteiger partial charge on any atom is -0.503 e. The van der Waals surface area contributed by atoms with Crippen molar-refractivity contribution in [1.29, 1.82) is 0 Å². The summed E-state index contributed by atoms with van der Waals surface area (Å²) in [5.74, 6) is -0.326. The van der Waals surface area contributed by atoms with Gasteiger partial charge in [0.1, 0.15) is 0 Å². The minimum absolute atomic E-state index is 0.106. The number of imide groups is 1. The first-order chi connectivity index (χ1) is 12.4. The number of amides is 2. The normalized spacial score (nSPS) is 15.8. The Kier molecular flexibility index (Phi) is 5.25. The topological polar surface area (TPSA) is 66.8 Å². The van der Waals surface area contributed by atoms with Crippen molar-refractivity contribution in [2.45, 2.75) is 13.5 Å². The number of aromatic hydroxyl groups is 1. The van der Waals surface area contributed by atoms with Crippen molar-refractivity contribution in [2.24, 2.45) is 0 Å². The first-order valence-corrected chi connectivity index (χ1v) is 8.96. The Balaban J connectivity index is 1.88. The number of methoxy groups -OCH3 is 1. The molecule has 0 aromatic heterocycles. The van der Waals surface area contributed by atoms with Gasteiger partial charge in [-0.05, 0) is 53.6 Å². The number of thioether (sulfide) groups is 1. The first-order valence-electron chi connectivity index (χ1n) is 7.77. The largest absolute Gasteiger partial charge is 0.503 e. The van der Waals surface area contributed by atoms with Crippen molar-refractivity contribution in [3.05, 3.63) is 63.0 Å². The van der Waals surface area contributed by atoms with Gasteiger partial charge in [0.15, 0.2) is 11.5 Å². The fraction of sp³-hybridized carbons (Fsp3) is 0.158. The lowest BCUT2D eigenvalue weighted by Crippen LogP contribution is -2.27. The van der Waals surface area contributed by atoms with Crippen LogP contribution in [0.15, 0.2) is 41.3 Å². The summed E-state index contributed by atoms with van der Waals surface area (Å²) in [5.41, 5.74) is 2.50. The molecule has 0 aliphatic carbocycles. The maximum atomic E-state index is 12.6. The van der Waals surface area contributed by atoms with Crippen molar-refractivity contribution in [3.63, 3.8) is 0 Å². The summed E-state index contributed by atoms with van der Waals surface area (Å²) in [6.07, 6.45) is 1.57. The zero-order valence-corrected chi connectivity index (χ0v) is 15.7. The summed E-state index contributed by atoms with van der Waals surface area (Å²) < 4.78 is 5.06. The second kappa shape index (κ2) is 7.43. The molecule has 134 valence electrons. The van der Waals surface area contributed by atoms with E-state index in [1.165, 1.54) is 18.1 Å². The van der Waals surface area contributed by atoms with Gasteiger partial charge in [-0.3, -0.25) is 14.5 Å². The first kappa shape index (κ1) is 18.4. The number of halogens is 1. The van der Waals surface area contributed by atoms with Crippen molar-refractivity contribution in [1.82, 2.24) is 4.90 Å². The monoisotopic (exact) mass is 389 g/mol. The number of benzene rings is 2. The quantitative estimate of drug-likeness (QED) is 0.774. The SMILES string of the molecule is COc1cc(/C=C2\SC(=O)N(Cc3ccccc3C)C2=O)cc(Cl)c1O. The van der Waals surface area contributed by atoms with Gasteiger partial charge in [0.25, 0.3) is 11.1 Å². The van der Waals surface area contributed by atoms with E-state index in [1.54, 1.807) is 12.1 Å². The second-order valence-electron chi connectivity index (χ2n) is 5.75. The number of hydrogen-bond donors (Lipinski definition) is 1. The highest BCUT2D eigenvalue weighted by Crippen LogP contribution is 2.38. The lowest BCUT2D eigenvalue weighted by atomic mass is 10.1. The summed E-state index contributed by atoms with van der Waals surface area (Å²) in [5, 5.41) is 9.58. The van der Waals surface area contributed by atoms with E-state index in [-0.39, 0.29) is 34.2 Å². The van der Waals surface area contributed by atoms with Crippen LogP contribution < -0.4 is 4.74 Å². The maximum Gasteiger partial charge on any atom is 0.293 e. The molecule has 0 bridgehead atoms. The Morgan fingerprint density at radius 1 is 1.27 bits per heavy atom. The fourth-order valence-electron chi connectivity index (χ4n) is 2.58. The third-order valence-electron chi connectivity index (χ3n) is 4.03. The fourth-order valence-corrected chi connectivity index (χ4v) is 3.64. The minimum atomic E-state index is -0.355. The number of hydrogen-bond acceptors (Lipinski definition) is 5. The van der Waals surface area contributed by atoms with E-state index in [9.17, 15) is 14.7 Å². The van der Waals surface area contributed by atoms with E-state index in [2.05, 4.69) is 0 Å². The number of rotatable bonds is 4. The highest BCUT2D eigenvalue weighted by atomic mass is 35.5. The van der Waals surface area contributed by atoms with Crippen LogP contribution in [0.25, 0.3) is 6.08 Å². The summed E-state index contributed by atoms with van der Waals surface area (Å²) >= 11 is 6.85. The predicted molar refractivity (Wildman–Crippen MR) is 102 cm³/mol. The third kappa shape index (κ3) is 3.57. The van der Waals surface area contributed by atoms with Crippen molar-refractivity contribution in [2.75, 3.05) is 7.11 Å². The van der Waals surface area contributed by atoms with E-state index in [0.29, 0.717) is 10.5 Å². The van der Waals surface area contributed by atoms with Crippen molar-refractivity contribution >= 4 is 40.6 Å². The molecule has 1 N–H and O–H groups in total. The second-order valence-corrected chi connectivity index (χ2v) is 7.15. The molecule has 1 fully saturated rings. The van der Waals surface area contributed by atoms with Gasteiger partial charge in [-0.15, -0.1) is 0 Å². The van der Waals surface area contributed by atoms with Crippen LogP contribution in [0.4, 0.5) is 4.79 Å². The summed E-state index contributed by atoms with van der Waals surface area (Å²) in [4.78, 5) is 26.4. The van der Waals surface area contributed by atoms with Crippen LogP contribution in [-0.4, -0.2) is 28.3 Å². The summed E-state index contributed by atoms with van der Waals surface area (Å²) in [6, 6.07) is 10.7. The highest BCUT2D eigenvalue weighted by molar-refractivity contribution is 8.18. The Morgan fingerprint density at radius 3 is 2.69 bits per heavy atom. The molecule has 0 unspecified atom stereocenters. The average Bonchev–Trinajstić information content (AvgIpc) is 2.87. The standard InChI is InChI=1S/C19H16ClNO4S/c1-11-5-3-4-6-13(11)10-21-18(23)16(26-19(21)24)9-12-7-14(20)17(22)15(8-12)25-2/h3-9,22H,10H2,1-2H3/b16-9-. The molecule has 3 rings (SSSR count). The van der Waals surface area contributed by atoms with Crippen LogP contribution in [0, 0.1) is 6.92 Å². The molecular weight excluding hydrogens is 374 g/mol. The van der Waals surface area contributed by atoms with E-state index in [0.717, 1.165) is 22.9 Å². The lowest BCUT2D eigenvalue weighted by molar-refractivity contribution is -0.123. The molecule has 2 aromatic carbocycles. The number of carbonyl (C=O) groups excluding carboxylic acids is 2. The molecular formula is C19H16ClNO4S. The molecule has 0 spiro atoms. The maximum absolute atomic E-state index is 12.6. The number of phenols is 1. The molecule has 0 radical (unpaired) electrons. The third-order valence-corrected chi connectivity index (χ3v) is 5.23. The van der Waals surface area contributed by atoms with Gasteiger partial charge >= 0.3 is 0 Å². The zero-order chi connectivity index (χ0) is 18.8. The van der Waals surface area contributed by atoms with Gasteiger partial charge in [-0.1, -0.05) is 35.9 Å². The summed E-state index contributed by atoms with van der Waals surface area (Å²) in [7, 11) is 1.41. The zero-order valence-electron chi connectivity index (χ0n) is 14.2. The number of nitrogens with zero attached hydrogens (tertiary/aromatic N) is 1. The number of ether oxygens (including phenoxy) is 1. The Labute approximate surface area is 160 Å². The molecule has 0 atom stereocenters. The molecule has 1 aliphatic rings. The van der Waals surface area contributed by atoms with Crippen LogP contribution >= 0.6 is 23.4 Å². The van der Waals surface area contributed by atoms with E-state index >= 15 is 0 Å². The molecule has 0 saturated carbocycles. The van der Waals surface area contributed by atoms with Gasteiger partial charge in [0.2, 0.25) is 0 Å². The van der Waals surface area contributed by atoms with Crippen LogP contribution in [0.5, 0.6) is 11.5 Å². The van der Waals surface area contributed by atoms with Crippen molar-refractivity contribution in [3.8, 4) is 11.5 Å². The van der Waals surface area contributed by atoms with Gasteiger partial charge in [-0.2, -0.15) is 0 Å². The molecule has 1 saturated heterocycles. The van der Waals surface area contributed by atoms with Gasteiger partial charge in [0.05, 0.1) is 23.6 Å². The van der Waals surface area contributed by atoms with Crippen LogP contribution in [-0.2, 0) is 11.3 Å². The van der Waals surface area contributed by atoms with Gasteiger partial charge in [0, 0.05) is 0 Å². The van der Waals surface area contributed by atoms with E-state index < -0.39 is 0 Å². The molecule has 1 aliphatic heterocycles. The van der Waals surface area contributed by atoms with Crippen LogP contribution in [0.1, 0.15) is 16.7 Å². The number of aryl methyl sites for hydroxylation is 1. The predicted octanol–water partition coefficient (Wildman–Crippen LogP) is 4.60. The number of carbonyl (C=O) groups is 2. The Hall–Kier alpha value is -2.44. The molecule has 2 amide bonds. The number of phenolic OH excluding ortho intramolecular Hbond substituents is 1. The molecule has 2 aromatic rings. The van der Waals surface area contributed by atoms with Gasteiger partial charge in [-0.25, -0.2) is 0 Å². The van der Waals surface area contributed by atoms with Crippen LogP contribution in [0.3, 0.4) is 0 Å². The smallest absolute Gasteiger partial charge is 0.293 e. The highest BCUT2D eigenvalue weighted by Gasteiger charge is 2.35. The molecule has 1 heterocycles. The van der Waals surface area contributed by atoms with Crippen molar-refractivity contribution < 1.29 is 19.4 Å². The van der Waals surface area contributed by atoms with Gasteiger partial charge < -0.3 is 9.84 Å². The molecule has 5 nitrogen and oxygen atoms in total. The Morgan fingerprint density at radius 2 is 2.00 bits per heavy atom.